The van der Waals surface area contributed by atoms with E-state index in [-0.39, 0.29) is 30.1 Å². The molecule has 0 aromatic heterocycles. The molecule has 1 N–H and O–H groups in total. The standard InChI is InChI=1S/C27H22ClFN4O2S/c1-16-4-2-7-21(12-16)30-25(34)15-24-26(35)31-27(36-24)33-23(18-5-3-6-19(28)13-18)14-22(32-33)17-8-10-20(29)11-9-17/h2-13,23-24H,14-15H2,1H3,(H,30,34)/t23-,24-/m1/s1. The van der Waals surface area contributed by atoms with Crippen molar-refractivity contribution in [2.24, 2.45) is 10.1 Å². The number of nitrogens with one attached hydrogen (secondary N) is 1. The third kappa shape index (κ3) is 5.34. The van der Waals surface area contributed by atoms with Crippen LogP contribution in [0.4, 0.5) is 10.1 Å². The predicted molar refractivity (Wildman–Crippen MR) is 142 cm³/mol. The van der Waals surface area contributed by atoms with E-state index < -0.39 is 5.25 Å². The molecule has 6 nitrogen and oxygen atoms in total. The Morgan fingerprint density at radius 1 is 1.14 bits per heavy atom. The maximum absolute atomic E-state index is 13.5. The topological polar surface area (TPSA) is 74.1 Å². The first-order valence-corrected chi connectivity index (χ1v) is 12.7. The van der Waals surface area contributed by atoms with E-state index in [1.165, 1.54) is 23.9 Å². The van der Waals surface area contributed by atoms with Crippen LogP contribution in [0, 0.1) is 12.7 Å². The number of rotatable bonds is 5. The third-order valence-corrected chi connectivity index (χ3v) is 7.30. The maximum Gasteiger partial charge on any atom is 0.262 e. The first kappa shape index (κ1) is 24.2. The number of hydrogen-bond donors (Lipinski definition) is 1. The molecule has 3 aromatic rings. The van der Waals surface area contributed by atoms with E-state index in [2.05, 4.69) is 10.3 Å². The molecule has 9 heteroatoms. The molecule has 0 saturated carbocycles. The van der Waals surface area contributed by atoms with Crippen molar-refractivity contribution >= 4 is 51.7 Å². The van der Waals surface area contributed by atoms with Gasteiger partial charge in [0.2, 0.25) is 5.91 Å². The molecule has 0 bridgehead atoms. The van der Waals surface area contributed by atoms with Crippen LogP contribution in [0.5, 0.6) is 0 Å². The van der Waals surface area contributed by atoms with Crippen LogP contribution in [0.25, 0.3) is 0 Å². The Hall–Kier alpha value is -3.49. The fourth-order valence-corrected chi connectivity index (χ4v) is 5.44. The van der Waals surface area contributed by atoms with Crippen molar-refractivity contribution in [3.63, 3.8) is 0 Å². The van der Waals surface area contributed by atoms with Crippen LogP contribution in [0.3, 0.4) is 0 Å². The summed E-state index contributed by atoms with van der Waals surface area (Å²) in [6, 6.07) is 20.8. The van der Waals surface area contributed by atoms with Gasteiger partial charge >= 0.3 is 0 Å². The van der Waals surface area contributed by atoms with E-state index >= 15 is 0 Å². The molecule has 0 spiro atoms. The number of amides is 2. The van der Waals surface area contributed by atoms with Gasteiger partial charge in [-0.1, -0.05) is 59.8 Å². The fraction of sp³-hybridized carbons (Fsp3) is 0.185. The lowest BCUT2D eigenvalue weighted by Crippen LogP contribution is -2.25. The lowest BCUT2D eigenvalue weighted by molar-refractivity contribution is -0.121. The number of aliphatic imine (C=N–C) groups is 1. The number of thioether (sulfide) groups is 1. The van der Waals surface area contributed by atoms with Gasteiger partial charge in [0.05, 0.1) is 11.8 Å². The van der Waals surface area contributed by atoms with Gasteiger partial charge in [-0.05, 0) is 60.0 Å². The smallest absolute Gasteiger partial charge is 0.262 e. The van der Waals surface area contributed by atoms with E-state index in [9.17, 15) is 14.0 Å². The number of benzene rings is 3. The lowest BCUT2D eigenvalue weighted by atomic mass is 9.98. The van der Waals surface area contributed by atoms with Gasteiger partial charge in [0, 0.05) is 23.6 Å². The van der Waals surface area contributed by atoms with Crippen LogP contribution in [0.15, 0.2) is 82.9 Å². The van der Waals surface area contributed by atoms with Crippen molar-refractivity contribution < 1.29 is 14.0 Å². The molecule has 2 aliphatic heterocycles. The summed E-state index contributed by atoms with van der Waals surface area (Å²) >= 11 is 7.48. The van der Waals surface area contributed by atoms with Gasteiger partial charge in [-0.15, -0.1) is 0 Å². The summed E-state index contributed by atoms with van der Waals surface area (Å²) < 4.78 is 13.5. The second-order valence-corrected chi connectivity index (χ2v) is 10.2. The van der Waals surface area contributed by atoms with Gasteiger partial charge in [0.25, 0.3) is 5.91 Å². The van der Waals surface area contributed by atoms with E-state index in [4.69, 9.17) is 16.7 Å². The molecule has 182 valence electrons. The van der Waals surface area contributed by atoms with Crippen molar-refractivity contribution in [3.05, 3.63) is 100 Å². The first-order chi connectivity index (χ1) is 17.4. The highest BCUT2D eigenvalue weighted by Crippen LogP contribution is 2.39. The van der Waals surface area contributed by atoms with Gasteiger partial charge in [0.1, 0.15) is 11.1 Å². The molecule has 3 aromatic carbocycles. The minimum atomic E-state index is -0.644. The SMILES string of the molecule is Cc1cccc(NC(=O)C[C@H]2SC(N3N=C(c4ccc(F)cc4)C[C@@H]3c3cccc(Cl)c3)=NC2=O)c1. The number of aryl methyl sites for hydroxylation is 1. The fourth-order valence-electron chi connectivity index (χ4n) is 4.18. The zero-order valence-electron chi connectivity index (χ0n) is 19.3. The molecule has 5 rings (SSSR count). The number of nitrogens with zero attached hydrogens (tertiary/aromatic N) is 3. The second kappa shape index (κ2) is 10.2. The van der Waals surface area contributed by atoms with Crippen LogP contribution in [-0.2, 0) is 9.59 Å². The summed E-state index contributed by atoms with van der Waals surface area (Å²) in [6.45, 7) is 1.94. The van der Waals surface area contributed by atoms with Gasteiger partial charge in [-0.25, -0.2) is 9.40 Å². The van der Waals surface area contributed by atoms with Gasteiger partial charge in [-0.3, -0.25) is 9.59 Å². The first-order valence-electron chi connectivity index (χ1n) is 11.4. The molecule has 2 amide bonds. The molecule has 0 unspecified atom stereocenters. The molecule has 2 atom stereocenters. The van der Waals surface area contributed by atoms with Crippen LogP contribution >= 0.6 is 23.4 Å². The highest BCUT2D eigenvalue weighted by molar-refractivity contribution is 8.15. The summed E-state index contributed by atoms with van der Waals surface area (Å²) in [4.78, 5) is 29.6. The van der Waals surface area contributed by atoms with Crippen molar-refractivity contribution in [1.82, 2.24) is 5.01 Å². The van der Waals surface area contributed by atoms with Gasteiger partial charge in [-0.2, -0.15) is 10.1 Å². The van der Waals surface area contributed by atoms with E-state index in [0.29, 0.717) is 22.3 Å². The van der Waals surface area contributed by atoms with Gasteiger partial charge < -0.3 is 5.32 Å². The Balaban J connectivity index is 1.36. The maximum atomic E-state index is 13.5. The summed E-state index contributed by atoms with van der Waals surface area (Å²) in [7, 11) is 0. The lowest BCUT2D eigenvalue weighted by Gasteiger charge is -2.23. The van der Waals surface area contributed by atoms with Gasteiger partial charge in [0.15, 0.2) is 5.17 Å². The summed E-state index contributed by atoms with van der Waals surface area (Å²) in [5.41, 5.74) is 4.16. The highest BCUT2D eigenvalue weighted by Gasteiger charge is 2.39. The van der Waals surface area contributed by atoms with Crippen molar-refractivity contribution in [2.75, 3.05) is 5.32 Å². The monoisotopic (exact) mass is 520 g/mol. The number of hydrogen-bond acceptors (Lipinski definition) is 5. The average Bonchev–Trinajstić information content (AvgIpc) is 3.44. The zero-order chi connectivity index (χ0) is 25.2. The van der Waals surface area contributed by atoms with Crippen LogP contribution in [0.1, 0.15) is 35.6 Å². The number of carbonyl (C=O) groups excluding carboxylic acids is 2. The number of anilines is 1. The van der Waals surface area contributed by atoms with Crippen molar-refractivity contribution in [1.29, 1.82) is 0 Å². The summed E-state index contributed by atoms with van der Waals surface area (Å²) in [5, 5.41) is 9.69. The van der Waals surface area contributed by atoms with E-state index in [0.717, 1.165) is 22.4 Å². The molecule has 2 aliphatic rings. The summed E-state index contributed by atoms with van der Waals surface area (Å²) in [5.74, 6) is -0.954. The number of halogens is 2. The second-order valence-electron chi connectivity index (χ2n) is 8.63. The number of carbonyl (C=O) groups is 2. The Bertz CT molecular complexity index is 1390. The number of amidine groups is 1. The molecule has 0 fully saturated rings. The molecule has 0 radical (unpaired) electrons. The Morgan fingerprint density at radius 3 is 2.67 bits per heavy atom. The highest BCUT2D eigenvalue weighted by atomic mass is 35.5. The van der Waals surface area contributed by atoms with E-state index in [1.807, 2.05) is 49.4 Å². The van der Waals surface area contributed by atoms with Crippen molar-refractivity contribution in [3.8, 4) is 0 Å². The Labute approximate surface area is 217 Å². The van der Waals surface area contributed by atoms with Crippen LogP contribution < -0.4 is 5.32 Å². The molecule has 0 saturated heterocycles. The number of hydrazone groups is 1. The van der Waals surface area contributed by atoms with Crippen LogP contribution in [0.2, 0.25) is 5.02 Å². The average molecular weight is 521 g/mol. The van der Waals surface area contributed by atoms with E-state index in [1.54, 1.807) is 23.2 Å². The van der Waals surface area contributed by atoms with Crippen LogP contribution in [-0.4, -0.2) is 33.0 Å². The minimum absolute atomic E-state index is 0.00531. The quantitative estimate of drug-likeness (QED) is 0.450. The molecule has 0 aliphatic carbocycles. The Morgan fingerprint density at radius 2 is 1.92 bits per heavy atom. The van der Waals surface area contributed by atoms with Crippen molar-refractivity contribution in [2.45, 2.75) is 31.1 Å². The third-order valence-electron chi connectivity index (χ3n) is 5.92. The summed E-state index contributed by atoms with van der Waals surface area (Å²) in [6.07, 6.45) is 0.521. The molecular formula is C27H22ClFN4O2S. The zero-order valence-corrected chi connectivity index (χ0v) is 20.9. The molecular weight excluding hydrogens is 499 g/mol. The molecule has 2 heterocycles. The normalized spacial score (nSPS) is 19.3. The Kier molecular flexibility index (Phi) is 6.89. The largest absolute Gasteiger partial charge is 0.326 e. The molecule has 36 heavy (non-hydrogen) atoms. The predicted octanol–water partition coefficient (Wildman–Crippen LogP) is 5.97. The minimum Gasteiger partial charge on any atom is -0.326 e.